The lowest BCUT2D eigenvalue weighted by molar-refractivity contribution is -0.141. The summed E-state index contributed by atoms with van der Waals surface area (Å²) in [7, 11) is 0. The van der Waals surface area contributed by atoms with E-state index >= 15 is 0 Å². The third-order valence-electron chi connectivity index (χ3n) is 9.49. The molecule has 7 heteroatoms. The molecule has 0 aromatic heterocycles. The molecule has 0 unspecified atom stereocenters. The van der Waals surface area contributed by atoms with Crippen molar-refractivity contribution in [2.24, 2.45) is 23.7 Å². The van der Waals surface area contributed by atoms with Gasteiger partial charge < -0.3 is 20.3 Å². The Morgan fingerprint density at radius 2 is 1.92 bits per heavy atom. The van der Waals surface area contributed by atoms with Gasteiger partial charge in [-0.25, -0.2) is 0 Å². The number of hydrogen-bond acceptors (Lipinski definition) is 4. The minimum Gasteiger partial charge on any atom is -0.359 e. The predicted octanol–water partition coefficient (Wildman–Crippen LogP) is 4.13. The number of rotatable bonds is 7. The van der Waals surface area contributed by atoms with E-state index in [1.165, 1.54) is 6.42 Å². The van der Waals surface area contributed by atoms with E-state index in [0.29, 0.717) is 24.1 Å². The Morgan fingerprint density at radius 3 is 2.65 bits per heavy atom. The molecule has 4 aliphatic rings. The number of likely N-dealkylation sites (tertiary alicyclic amines) is 1. The number of anilines is 1. The Morgan fingerprint density at radius 1 is 1.14 bits per heavy atom. The van der Waals surface area contributed by atoms with E-state index in [9.17, 15) is 14.4 Å². The van der Waals surface area contributed by atoms with Gasteiger partial charge in [0.15, 0.2) is 0 Å². The highest BCUT2D eigenvalue weighted by Gasteiger charge is 2.72. The Balaban J connectivity index is 1.42. The summed E-state index contributed by atoms with van der Waals surface area (Å²) in [6.07, 6.45) is 8.17. The zero-order chi connectivity index (χ0) is 26.5. The number of benzene rings is 1. The number of hydrogen-bond donors (Lipinski definition) is 2. The Kier molecular flexibility index (Phi) is 6.94. The Bertz CT molecular complexity index is 1120. The first-order chi connectivity index (χ1) is 17.7. The van der Waals surface area contributed by atoms with E-state index < -0.39 is 29.6 Å². The third kappa shape index (κ3) is 4.29. The van der Waals surface area contributed by atoms with E-state index in [2.05, 4.69) is 31.4 Å². The minimum absolute atomic E-state index is 0.0845. The molecule has 3 heterocycles. The third-order valence-corrected chi connectivity index (χ3v) is 9.49. The molecule has 3 amide bonds. The molecule has 0 radical (unpaired) electrons. The molecule has 2 bridgehead atoms. The van der Waals surface area contributed by atoms with Crippen molar-refractivity contribution in [2.75, 3.05) is 11.9 Å². The van der Waals surface area contributed by atoms with Crippen molar-refractivity contribution in [1.82, 2.24) is 10.2 Å². The molecule has 37 heavy (non-hydrogen) atoms. The molecule has 7 nitrogen and oxygen atoms in total. The van der Waals surface area contributed by atoms with Gasteiger partial charge in [-0.3, -0.25) is 14.4 Å². The lowest BCUT2D eigenvalue weighted by atomic mass is 9.73. The van der Waals surface area contributed by atoms with Gasteiger partial charge in [0.25, 0.3) is 0 Å². The van der Waals surface area contributed by atoms with Gasteiger partial charge in [0.2, 0.25) is 17.7 Å². The summed E-state index contributed by atoms with van der Waals surface area (Å²) in [6, 6.07) is 5.12. The molecule has 2 saturated heterocycles. The number of carbonyl (C=O) groups excluding carboxylic acids is 3. The van der Waals surface area contributed by atoms with Crippen LogP contribution in [0.25, 0.3) is 0 Å². The fraction of sp³-hybridized carbons (Fsp3) is 0.633. The maximum absolute atomic E-state index is 13.9. The van der Waals surface area contributed by atoms with Crippen molar-refractivity contribution in [3.05, 3.63) is 41.5 Å². The molecule has 5 rings (SSSR count). The summed E-state index contributed by atoms with van der Waals surface area (Å²) in [6.45, 7) is 11.0. The number of fused-ring (bicyclic) bond motifs is 1. The molecule has 3 aliphatic heterocycles. The van der Waals surface area contributed by atoms with Crippen LogP contribution in [-0.2, 0) is 19.1 Å². The van der Waals surface area contributed by atoms with Crippen LogP contribution in [0.4, 0.5) is 5.69 Å². The lowest BCUT2D eigenvalue weighted by Gasteiger charge is -2.38. The van der Waals surface area contributed by atoms with Crippen LogP contribution in [-0.4, -0.2) is 53.0 Å². The normalized spacial score (nSPS) is 36.1. The highest BCUT2D eigenvalue weighted by molar-refractivity contribution is 6.02. The summed E-state index contributed by atoms with van der Waals surface area (Å²) in [4.78, 5) is 43.1. The van der Waals surface area contributed by atoms with Gasteiger partial charge in [0, 0.05) is 18.3 Å². The molecule has 1 aliphatic carbocycles. The number of amides is 3. The van der Waals surface area contributed by atoms with Crippen molar-refractivity contribution >= 4 is 23.4 Å². The van der Waals surface area contributed by atoms with Gasteiger partial charge in [-0.15, -0.1) is 0 Å². The highest BCUT2D eigenvalue weighted by Crippen LogP contribution is 2.55. The van der Waals surface area contributed by atoms with Crippen molar-refractivity contribution in [2.45, 2.75) is 90.5 Å². The molecule has 2 N–H and O–H groups in total. The molecular formula is C30H41N3O4. The topological polar surface area (TPSA) is 87.7 Å². The second-order valence-electron chi connectivity index (χ2n) is 11.8. The van der Waals surface area contributed by atoms with Gasteiger partial charge in [0.1, 0.15) is 11.6 Å². The van der Waals surface area contributed by atoms with Crippen LogP contribution in [0.1, 0.15) is 64.0 Å². The average molecular weight is 508 g/mol. The van der Waals surface area contributed by atoms with Crippen LogP contribution >= 0.6 is 0 Å². The average Bonchev–Trinajstić information content (AvgIpc) is 3.50. The number of aryl methyl sites for hydroxylation is 2. The van der Waals surface area contributed by atoms with Gasteiger partial charge in [-0.2, -0.15) is 0 Å². The number of ether oxygens (including phenoxy) is 1. The van der Waals surface area contributed by atoms with Gasteiger partial charge in [-0.1, -0.05) is 58.3 Å². The van der Waals surface area contributed by atoms with E-state index in [0.717, 1.165) is 36.8 Å². The first-order valence-corrected chi connectivity index (χ1v) is 14.0. The summed E-state index contributed by atoms with van der Waals surface area (Å²) in [5.74, 6) is -0.990. The Labute approximate surface area is 220 Å². The van der Waals surface area contributed by atoms with E-state index in [1.54, 1.807) is 4.90 Å². The van der Waals surface area contributed by atoms with Crippen LogP contribution in [0.2, 0.25) is 0 Å². The predicted molar refractivity (Wildman–Crippen MR) is 143 cm³/mol. The maximum Gasteiger partial charge on any atom is 0.246 e. The SMILES string of the molecule is CCCCN1C(=O)[C@H]2[C@H](C(=O)Nc3ccc(C)c(C)c3)[C@H]3C=C[C@@]2(O3)[C@@H]1C(=O)N[C@@H]1CCC[C@@H](C)[C@@H]1C. The van der Waals surface area contributed by atoms with Crippen molar-refractivity contribution in [1.29, 1.82) is 0 Å². The van der Waals surface area contributed by atoms with E-state index in [-0.39, 0.29) is 23.8 Å². The van der Waals surface area contributed by atoms with Crippen LogP contribution in [0.3, 0.4) is 0 Å². The molecule has 200 valence electrons. The summed E-state index contributed by atoms with van der Waals surface area (Å²) >= 11 is 0. The second-order valence-corrected chi connectivity index (χ2v) is 11.8. The first-order valence-electron chi connectivity index (χ1n) is 14.0. The van der Waals surface area contributed by atoms with Gasteiger partial charge in [-0.05, 0) is 61.8 Å². The number of nitrogens with zero attached hydrogens (tertiary/aromatic N) is 1. The molecule has 1 aromatic carbocycles. The van der Waals surface area contributed by atoms with Crippen LogP contribution in [0, 0.1) is 37.5 Å². The summed E-state index contributed by atoms with van der Waals surface area (Å²) in [5.41, 5.74) is 1.84. The molecule has 1 aromatic rings. The molecule has 1 spiro atoms. The number of carbonyl (C=O) groups is 3. The summed E-state index contributed by atoms with van der Waals surface area (Å²) in [5, 5.41) is 6.33. The van der Waals surface area contributed by atoms with Gasteiger partial charge >= 0.3 is 0 Å². The first kappa shape index (κ1) is 26.0. The monoisotopic (exact) mass is 507 g/mol. The molecular weight excluding hydrogens is 466 g/mol. The van der Waals surface area contributed by atoms with E-state index in [1.807, 2.05) is 44.2 Å². The lowest BCUT2D eigenvalue weighted by Crippen LogP contribution is -2.58. The van der Waals surface area contributed by atoms with Crippen molar-refractivity contribution in [3.63, 3.8) is 0 Å². The largest absolute Gasteiger partial charge is 0.359 e. The molecule has 8 atom stereocenters. The Hall–Kier alpha value is -2.67. The van der Waals surface area contributed by atoms with Crippen molar-refractivity contribution < 1.29 is 19.1 Å². The fourth-order valence-corrected chi connectivity index (χ4v) is 6.93. The number of unbranched alkanes of at least 4 members (excludes halogenated alkanes) is 1. The van der Waals surface area contributed by atoms with Crippen molar-refractivity contribution in [3.8, 4) is 0 Å². The zero-order valence-corrected chi connectivity index (χ0v) is 22.8. The fourth-order valence-electron chi connectivity index (χ4n) is 6.93. The summed E-state index contributed by atoms with van der Waals surface area (Å²) < 4.78 is 6.45. The van der Waals surface area contributed by atoms with E-state index in [4.69, 9.17) is 4.74 Å². The standard InChI is InChI=1S/C30H41N3O4/c1-6-7-15-33-26(28(35)32-22-10-8-9-18(3)20(22)5)30-14-13-23(37-30)24(25(30)29(33)36)27(34)31-21-12-11-17(2)19(4)16-21/h11-14,16,18,20,22-26H,6-10,15H2,1-5H3,(H,31,34)(H,32,35)/t18-,20+,22-,23-,24-,25-,26+,30+/m1/s1. The van der Waals surface area contributed by atoms with Crippen LogP contribution in [0.5, 0.6) is 0 Å². The molecule has 1 saturated carbocycles. The van der Waals surface area contributed by atoms with Crippen LogP contribution in [0.15, 0.2) is 30.4 Å². The smallest absolute Gasteiger partial charge is 0.246 e. The molecule has 3 fully saturated rings. The quantitative estimate of drug-likeness (QED) is 0.543. The number of nitrogens with one attached hydrogen (secondary N) is 2. The highest BCUT2D eigenvalue weighted by atomic mass is 16.5. The van der Waals surface area contributed by atoms with Crippen LogP contribution < -0.4 is 10.6 Å². The second kappa shape index (κ2) is 9.90. The van der Waals surface area contributed by atoms with Gasteiger partial charge in [0.05, 0.1) is 17.9 Å². The zero-order valence-electron chi connectivity index (χ0n) is 22.8. The maximum atomic E-state index is 13.9. The minimum atomic E-state index is -1.10.